The van der Waals surface area contributed by atoms with Gasteiger partial charge >= 0.3 is 30.1 Å². The van der Waals surface area contributed by atoms with Gasteiger partial charge in [-0.2, -0.15) is 52.7 Å². The number of carboxylic acids is 2. The van der Waals surface area contributed by atoms with Gasteiger partial charge in [0.15, 0.2) is 0 Å². The zero-order valence-corrected chi connectivity index (χ0v) is 22.1. The van der Waals surface area contributed by atoms with Crippen LogP contribution in [-0.4, -0.2) is 123 Å². The summed E-state index contributed by atoms with van der Waals surface area (Å²) in [7, 11) is 6.85. The average Bonchev–Trinajstić information content (AvgIpc) is 2.83. The number of carbonyl (C=O) groups excluding carboxylic acids is 2. The first-order valence-corrected chi connectivity index (χ1v) is 10.8. The number of carboxylic acid groups (broad SMARTS) is 2. The number of rotatable bonds is 15. The molecule has 0 aromatic heterocycles. The molecule has 10 nitrogen and oxygen atoms in total. The summed E-state index contributed by atoms with van der Waals surface area (Å²) in [6.07, 6.45) is -12.7. The molecular weight excluding hydrogens is 612 g/mol. The van der Waals surface area contributed by atoms with Gasteiger partial charge in [-0.1, -0.05) is 0 Å². The van der Waals surface area contributed by atoms with Crippen molar-refractivity contribution in [3.05, 3.63) is 0 Å². The average molecular weight is 644 g/mol. The number of halogens is 12. The molecule has 0 aliphatic rings. The Kier molecular flexibility index (Phi) is 25.1. The minimum absolute atomic E-state index is 0.823. The van der Waals surface area contributed by atoms with Gasteiger partial charge in [0.25, 0.3) is 0 Å². The molecule has 0 heterocycles. The van der Waals surface area contributed by atoms with Crippen molar-refractivity contribution >= 4 is 11.9 Å². The van der Waals surface area contributed by atoms with E-state index in [1.54, 1.807) is 28.4 Å². The Morgan fingerprint density at radius 2 is 0.756 bits per heavy atom. The van der Waals surface area contributed by atoms with Gasteiger partial charge < -0.3 is 49.4 Å². The van der Waals surface area contributed by atoms with Crippen LogP contribution in [0.3, 0.4) is 0 Å². The number of nitrogens with two attached hydrogens (primary N) is 2. The molecule has 0 saturated heterocycles. The van der Waals surface area contributed by atoms with Crippen molar-refractivity contribution in [2.75, 3.05) is 81.0 Å². The van der Waals surface area contributed by atoms with E-state index in [9.17, 15) is 62.6 Å². The molecule has 0 aliphatic carbocycles. The van der Waals surface area contributed by atoms with E-state index in [-0.39, 0.29) is 0 Å². The number of carbonyl (C=O) groups is 2. The van der Waals surface area contributed by atoms with E-state index >= 15 is 0 Å². The van der Waals surface area contributed by atoms with Gasteiger partial charge in [-0.15, -0.1) is 0 Å². The van der Waals surface area contributed by atoms with E-state index < -0.39 is 42.1 Å². The number of quaternary nitrogens is 2. The second-order valence-electron chi connectivity index (χ2n) is 7.00. The minimum atomic E-state index is -6.64. The van der Waals surface area contributed by atoms with Crippen LogP contribution in [0.25, 0.3) is 0 Å². The topological polar surface area (TPSA) is 150 Å². The Morgan fingerprint density at radius 3 is 0.854 bits per heavy atom. The quantitative estimate of drug-likeness (QED) is 0.157. The Morgan fingerprint density at radius 1 is 0.512 bits per heavy atom. The largest absolute Gasteiger partial charge is 0.544 e. The van der Waals surface area contributed by atoms with E-state index in [0.29, 0.717) is 0 Å². The summed E-state index contributed by atoms with van der Waals surface area (Å²) >= 11 is 0. The van der Waals surface area contributed by atoms with Gasteiger partial charge in [-0.05, 0) is 0 Å². The van der Waals surface area contributed by atoms with Crippen LogP contribution < -0.4 is 20.8 Å². The highest BCUT2D eigenvalue weighted by Gasteiger charge is 2.73. The SMILES string of the molecule is COCC[NH2+]CCOC.COCC[NH2+]CCOC.O=C([O-])C(F)(F)C(F)(F)C(F)(F)F.O=C([O-])C(F)(F)C(F)(F)F. The van der Waals surface area contributed by atoms with Crippen molar-refractivity contribution in [2.24, 2.45) is 0 Å². The van der Waals surface area contributed by atoms with Crippen molar-refractivity contribution < 1.29 is 102 Å². The Balaban J connectivity index is -0.000000225. The molecule has 0 aromatic carbocycles. The highest BCUT2D eigenvalue weighted by molar-refractivity contribution is 5.75. The lowest BCUT2D eigenvalue weighted by Crippen LogP contribution is -2.86. The fraction of sp³-hybridized carbons (Fsp3) is 0.895. The van der Waals surface area contributed by atoms with Gasteiger partial charge in [0.05, 0.1) is 52.6 Å². The van der Waals surface area contributed by atoms with E-state index in [4.69, 9.17) is 28.8 Å². The zero-order chi connectivity index (χ0) is 33.6. The van der Waals surface area contributed by atoms with Crippen LogP contribution in [0.4, 0.5) is 52.7 Å². The molecule has 0 rings (SSSR count). The number of methoxy groups -OCH3 is 4. The first kappa shape index (κ1) is 45.8. The monoisotopic (exact) mass is 644 g/mol. The number of hydrogen-bond donors (Lipinski definition) is 2. The molecule has 0 aliphatic heterocycles. The lowest BCUT2D eigenvalue weighted by Gasteiger charge is -2.28. The molecule has 0 fully saturated rings. The van der Waals surface area contributed by atoms with Crippen LogP contribution in [-0.2, 0) is 28.5 Å². The lowest BCUT2D eigenvalue weighted by molar-refractivity contribution is -0.657. The van der Waals surface area contributed by atoms with E-state index in [1.807, 2.05) is 0 Å². The second-order valence-corrected chi connectivity index (χ2v) is 7.00. The Hall–Kier alpha value is -2.14. The fourth-order valence-corrected chi connectivity index (χ4v) is 1.52. The van der Waals surface area contributed by atoms with Crippen LogP contribution >= 0.6 is 0 Å². The number of aliphatic carboxylic acids is 2. The highest BCUT2D eigenvalue weighted by atomic mass is 19.4. The summed E-state index contributed by atoms with van der Waals surface area (Å²) in [4.78, 5) is 18.4. The number of hydrogen-bond acceptors (Lipinski definition) is 8. The molecular formula is C19H32F12N2O8. The van der Waals surface area contributed by atoms with E-state index in [2.05, 4.69) is 10.6 Å². The van der Waals surface area contributed by atoms with Gasteiger partial charge in [-0.3, -0.25) is 0 Å². The maximum atomic E-state index is 11.7. The second kappa shape index (κ2) is 22.5. The zero-order valence-electron chi connectivity index (χ0n) is 22.1. The molecule has 22 heteroatoms. The molecule has 0 radical (unpaired) electrons. The molecule has 0 aromatic rings. The first-order valence-electron chi connectivity index (χ1n) is 10.8. The predicted molar refractivity (Wildman–Crippen MR) is 108 cm³/mol. The van der Waals surface area contributed by atoms with Crippen molar-refractivity contribution in [1.29, 1.82) is 0 Å². The molecule has 0 spiro atoms. The molecule has 0 atom stereocenters. The summed E-state index contributed by atoms with van der Waals surface area (Å²) in [5.41, 5.74) is 0. The molecule has 0 unspecified atom stereocenters. The summed E-state index contributed by atoms with van der Waals surface area (Å²) in [5, 5.41) is 22.7. The van der Waals surface area contributed by atoms with E-state index in [1.165, 1.54) is 0 Å². The normalized spacial score (nSPS) is 12.2. The third kappa shape index (κ3) is 20.4. The van der Waals surface area contributed by atoms with Crippen molar-refractivity contribution in [2.45, 2.75) is 30.1 Å². The smallest absolute Gasteiger partial charge is 0.460 e. The van der Waals surface area contributed by atoms with Crippen LogP contribution in [0, 0.1) is 0 Å². The van der Waals surface area contributed by atoms with Crippen LogP contribution in [0.15, 0.2) is 0 Å². The molecule has 4 N–H and O–H groups in total. The van der Waals surface area contributed by atoms with Crippen molar-refractivity contribution in [1.82, 2.24) is 0 Å². The fourth-order valence-electron chi connectivity index (χ4n) is 1.52. The number of ether oxygens (including phenoxy) is 4. The summed E-state index contributed by atoms with van der Waals surface area (Å²) in [5.74, 6) is -25.9. The Labute approximate surface area is 226 Å². The maximum absolute atomic E-state index is 11.7. The van der Waals surface area contributed by atoms with Crippen LogP contribution in [0.1, 0.15) is 0 Å². The molecule has 0 saturated carbocycles. The summed E-state index contributed by atoms with van der Waals surface area (Å²) in [6.45, 7) is 7.40. The highest BCUT2D eigenvalue weighted by Crippen LogP contribution is 2.46. The summed E-state index contributed by atoms with van der Waals surface area (Å²) < 4.78 is 155. The lowest BCUT2D eigenvalue weighted by atomic mass is 10.1. The molecule has 0 bridgehead atoms. The van der Waals surface area contributed by atoms with Gasteiger partial charge in [0.1, 0.15) is 11.9 Å². The third-order valence-electron chi connectivity index (χ3n) is 3.72. The van der Waals surface area contributed by atoms with Gasteiger partial charge in [-0.25, -0.2) is 0 Å². The first-order chi connectivity index (χ1) is 18.5. The molecule has 250 valence electrons. The van der Waals surface area contributed by atoms with Crippen LogP contribution in [0.2, 0.25) is 0 Å². The van der Waals surface area contributed by atoms with E-state index in [0.717, 1.165) is 52.6 Å². The standard InChI is InChI=1S/2C6H15NO2.C4HF7O2.C3HF5O2/c2*1-8-5-3-7-4-6-9-2;5-2(6,1(12)13)3(7,8)4(9,10)11;4-2(5,1(9)10)3(6,7)8/h2*7H,3-6H2,1-2H3;(H,12,13);(H,9,10). The predicted octanol–water partition coefficient (Wildman–Crippen LogP) is -1.81. The Bertz CT molecular complexity index is 655. The third-order valence-corrected chi connectivity index (χ3v) is 3.72. The molecule has 0 amide bonds. The van der Waals surface area contributed by atoms with Gasteiger partial charge in [0.2, 0.25) is 0 Å². The van der Waals surface area contributed by atoms with Gasteiger partial charge in [0, 0.05) is 28.4 Å². The van der Waals surface area contributed by atoms with Crippen LogP contribution in [0.5, 0.6) is 0 Å². The van der Waals surface area contributed by atoms with Crippen molar-refractivity contribution in [3.63, 3.8) is 0 Å². The number of alkyl halides is 12. The minimum Gasteiger partial charge on any atom is -0.544 e. The maximum Gasteiger partial charge on any atom is 0.460 e. The van der Waals surface area contributed by atoms with Crippen molar-refractivity contribution in [3.8, 4) is 0 Å². The summed E-state index contributed by atoms with van der Waals surface area (Å²) in [6, 6.07) is 0. The molecule has 41 heavy (non-hydrogen) atoms.